The molecule has 0 heterocycles. The highest BCUT2D eigenvalue weighted by Gasteiger charge is 2.20. The Labute approximate surface area is 297 Å². The van der Waals surface area contributed by atoms with Gasteiger partial charge >= 0.3 is 5.97 Å². The number of esters is 1. The number of likely N-dealkylation sites (N-methyl/N-ethyl adjacent to an activating group) is 1. The Morgan fingerprint density at radius 1 is 0.646 bits per heavy atom. The van der Waals surface area contributed by atoms with E-state index >= 15 is 0 Å². The first-order valence-corrected chi connectivity index (χ1v) is 21.4. The van der Waals surface area contributed by atoms with E-state index in [1.165, 1.54) is 128 Å². The molecular formula is C39H78NO7P. The van der Waals surface area contributed by atoms with Crippen molar-refractivity contribution in [2.45, 2.75) is 187 Å². The molecule has 0 amide bonds. The Hall–Kier alpha value is -0.920. The van der Waals surface area contributed by atoms with Crippen LogP contribution in [0.5, 0.6) is 0 Å². The fraction of sp³-hybridized carbons (Fsp3) is 0.923. The lowest BCUT2D eigenvalue weighted by Gasteiger charge is -2.28. The van der Waals surface area contributed by atoms with Gasteiger partial charge in [-0.2, -0.15) is 0 Å². The van der Waals surface area contributed by atoms with Crippen LogP contribution in [0.1, 0.15) is 181 Å². The van der Waals surface area contributed by atoms with E-state index in [4.69, 9.17) is 18.5 Å². The number of ether oxygens (including phenoxy) is 2. The minimum Gasteiger partial charge on any atom is -0.756 e. The molecule has 48 heavy (non-hydrogen) atoms. The third kappa shape index (κ3) is 36.4. The van der Waals surface area contributed by atoms with Crippen LogP contribution in [-0.4, -0.2) is 64.1 Å². The first-order valence-electron chi connectivity index (χ1n) is 20.0. The number of phosphoric acid groups is 1. The fourth-order valence-electron chi connectivity index (χ4n) is 5.51. The summed E-state index contributed by atoms with van der Waals surface area (Å²) < 4.78 is 34.1. The predicted octanol–water partition coefficient (Wildman–Crippen LogP) is 10.8. The molecule has 0 N–H and O–H groups in total. The Morgan fingerprint density at radius 2 is 1.08 bits per heavy atom. The normalized spacial score (nSPS) is 14.0. The molecule has 0 fully saturated rings. The maximum absolute atomic E-state index is 12.5. The summed E-state index contributed by atoms with van der Waals surface area (Å²) in [6.07, 6.45) is 34.7. The Balaban J connectivity index is 4.20. The molecule has 0 radical (unpaired) electrons. The van der Waals surface area contributed by atoms with E-state index in [-0.39, 0.29) is 25.8 Å². The minimum absolute atomic E-state index is 0.0196. The Bertz CT molecular complexity index is 787. The zero-order chi connectivity index (χ0) is 35.6. The van der Waals surface area contributed by atoms with E-state index < -0.39 is 13.9 Å². The lowest BCUT2D eigenvalue weighted by Crippen LogP contribution is -2.37. The highest BCUT2D eigenvalue weighted by molar-refractivity contribution is 7.45. The minimum atomic E-state index is -4.52. The van der Waals surface area contributed by atoms with Gasteiger partial charge in [-0.25, -0.2) is 0 Å². The third-order valence-electron chi connectivity index (χ3n) is 8.66. The van der Waals surface area contributed by atoms with E-state index in [0.717, 1.165) is 32.1 Å². The molecule has 0 rings (SSSR count). The average Bonchev–Trinajstić information content (AvgIpc) is 3.03. The van der Waals surface area contributed by atoms with Gasteiger partial charge in [0.15, 0.2) is 6.10 Å². The molecular weight excluding hydrogens is 625 g/mol. The van der Waals surface area contributed by atoms with Crippen LogP contribution in [0.3, 0.4) is 0 Å². The molecule has 8 nitrogen and oxygen atoms in total. The molecule has 0 aromatic carbocycles. The molecule has 2 atom stereocenters. The number of carbonyl (C=O) groups excluding carboxylic acids is 1. The van der Waals surface area contributed by atoms with Crippen molar-refractivity contribution >= 4 is 13.8 Å². The summed E-state index contributed by atoms with van der Waals surface area (Å²) in [4.78, 5) is 24.8. The lowest BCUT2D eigenvalue weighted by molar-refractivity contribution is -0.870. The molecule has 0 aromatic heterocycles. The lowest BCUT2D eigenvalue weighted by atomic mass is 10.0. The zero-order valence-corrected chi connectivity index (χ0v) is 33.1. The van der Waals surface area contributed by atoms with Crippen molar-refractivity contribution in [1.29, 1.82) is 0 Å². The second-order valence-corrected chi connectivity index (χ2v) is 16.1. The molecule has 0 saturated carbocycles. The number of phosphoric ester groups is 1. The van der Waals surface area contributed by atoms with Gasteiger partial charge in [0.25, 0.3) is 7.82 Å². The quantitative estimate of drug-likeness (QED) is 0.0209. The molecule has 0 saturated heterocycles. The molecule has 1 unspecified atom stereocenters. The highest BCUT2D eigenvalue weighted by atomic mass is 31.2. The molecule has 0 aliphatic rings. The van der Waals surface area contributed by atoms with Crippen molar-refractivity contribution < 1.29 is 37.3 Å². The first kappa shape index (κ1) is 47.1. The van der Waals surface area contributed by atoms with Crippen molar-refractivity contribution in [1.82, 2.24) is 0 Å². The van der Waals surface area contributed by atoms with Gasteiger partial charge in [0.05, 0.1) is 34.0 Å². The summed E-state index contributed by atoms with van der Waals surface area (Å²) in [5, 5.41) is 0. The van der Waals surface area contributed by atoms with Crippen molar-refractivity contribution in [2.24, 2.45) is 0 Å². The van der Waals surface area contributed by atoms with Crippen LogP contribution in [0.15, 0.2) is 12.3 Å². The van der Waals surface area contributed by atoms with Crippen molar-refractivity contribution in [3.8, 4) is 0 Å². The number of nitrogens with zero attached hydrogens (tertiary/aromatic N) is 1. The van der Waals surface area contributed by atoms with Crippen LogP contribution in [0.2, 0.25) is 0 Å². The summed E-state index contributed by atoms with van der Waals surface area (Å²) in [5.41, 5.74) is 0. The number of unbranched alkanes of at least 4 members (excludes halogenated alkanes) is 23. The number of hydrogen-bond acceptors (Lipinski definition) is 7. The third-order valence-corrected chi connectivity index (χ3v) is 9.63. The van der Waals surface area contributed by atoms with Gasteiger partial charge in [0, 0.05) is 6.42 Å². The van der Waals surface area contributed by atoms with Gasteiger partial charge in [0.1, 0.15) is 19.8 Å². The molecule has 0 spiro atoms. The molecule has 0 aliphatic heterocycles. The van der Waals surface area contributed by atoms with E-state index in [9.17, 15) is 14.3 Å². The number of hydrogen-bond donors (Lipinski definition) is 0. The summed E-state index contributed by atoms with van der Waals surface area (Å²) in [5.74, 6) is -0.359. The van der Waals surface area contributed by atoms with E-state index in [2.05, 4.69) is 13.8 Å². The van der Waals surface area contributed by atoms with Crippen molar-refractivity contribution in [2.75, 3.05) is 47.5 Å². The fourth-order valence-corrected chi connectivity index (χ4v) is 6.24. The highest BCUT2D eigenvalue weighted by Crippen LogP contribution is 2.38. The van der Waals surface area contributed by atoms with Crippen LogP contribution in [0.25, 0.3) is 0 Å². The van der Waals surface area contributed by atoms with Crippen LogP contribution >= 0.6 is 7.82 Å². The standard InChI is InChI=1S/C39H78NO7P/c1-6-8-10-12-14-16-17-18-19-20-21-22-23-24-25-27-29-31-34-44-36-38(37-46-48(42,43)45-35-33-40(3,4)5)47-39(41)32-30-28-26-15-13-11-9-7-2/h31,34,38H,6-30,32-33,35-37H2,1-5H3/b34-31+/t38-/m0/s1. The Morgan fingerprint density at radius 3 is 1.54 bits per heavy atom. The molecule has 286 valence electrons. The average molecular weight is 704 g/mol. The number of rotatable bonds is 37. The van der Waals surface area contributed by atoms with Crippen molar-refractivity contribution in [3.63, 3.8) is 0 Å². The second-order valence-electron chi connectivity index (χ2n) is 14.7. The molecule has 0 aromatic rings. The van der Waals surface area contributed by atoms with Gasteiger partial charge in [-0.15, -0.1) is 0 Å². The van der Waals surface area contributed by atoms with E-state index in [1.54, 1.807) is 6.26 Å². The number of carbonyl (C=O) groups is 1. The maximum Gasteiger partial charge on any atom is 0.306 e. The molecule has 0 aliphatic carbocycles. The van der Waals surface area contributed by atoms with Crippen molar-refractivity contribution in [3.05, 3.63) is 12.3 Å². The van der Waals surface area contributed by atoms with Crippen LogP contribution in [0.4, 0.5) is 0 Å². The smallest absolute Gasteiger partial charge is 0.306 e. The van der Waals surface area contributed by atoms with Crippen LogP contribution in [0, 0.1) is 0 Å². The van der Waals surface area contributed by atoms with Crippen LogP contribution in [-0.2, 0) is 27.9 Å². The summed E-state index contributed by atoms with van der Waals surface area (Å²) in [6, 6.07) is 0. The summed E-state index contributed by atoms with van der Waals surface area (Å²) in [7, 11) is 1.33. The summed E-state index contributed by atoms with van der Waals surface area (Å²) >= 11 is 0. The summed E-state index contributed by atoms with van der Waals surface area (Å²) in [6.45, 7) is 4.71. The Kier molecular flexibility index (Phi) is 32.6. The monoisotopic (exact) mass is 704 g/mol. The first-order chi connectivity index (χ1) is 23.1. The number of allylic oxidation sites excluding steroid dienone is 1. The van der Waals surface area contributed by atoms with E-state index in [1.807, 2.05) is 27.2 Å². The van der Waals surface area contributed by atoms with Gasteiger partial charge in [-0.3, -0.25) is 9.36 Å². The molecule has 0 bridgehead atoms. The van der Waals surface area contributed by atoms with Gasteiger partial charge < -0.3 is 27.9 Å². The largest absolute Gasteiger partial charge is 0.756 e. The van der Waals surface area contributed by atoms with Gasteiger partial charge in [-0.1, -0.05) is 155 Å². The zero-order valence-electron chi connectivity index (χ0n) is 32.2. The maximum atomic E-state index is 12.5. The van der Waals surface area contributed by atoms with Gasteiger partial charge in [0.2, 0.25) is 0 Å². The van der Waals surface area contributed by atoms with E-state index in [0.29, 0.717) is 17.4 Å². The van der Waals surface area contributed by atoms with Gasteiger partial charge in [-0.05, 0) is 25.3 Å². The SMILES string of the molecule is CCCCCCCCCCCCCCCCCC/C=C/OC[C@@H](COP(=O)([O-])OCC[N+](C)(C)C)OC(=O)CCCCCCCCCC. The second kappa shape index (κ2) is 33.2. The topological polar surface area (TPSA) is 94.1 Å². The number of quaternary nitrogens is 1. The molecule has 9 heteroatoms. The predicted molar refractivity (Wildman–Crippen MR) is 199 cm³/mol. The van der Waals surface area contributed by atoms with Crippen LogP contribution < -0.4 is 4.89 Å².